The topological polar surface area (TPSA) is 55.1 Å². The maximum absolute atomic E-state index is 11.8. The highest BCUT2D eigenvalue weighted by Crippen LogP contribution is 2.13. The van der Waals surface area contributed by atoms with E-state index >= 15 is 0 Å². The minimum absolute atomic E-state index is 0.323. The Morgan fingerprint density at radius 2 is 2.13 bits per heavy atom. The summed E-state index contributed by atoms with van der Waals surface area (Å²) in [5.41, 5.74) is 4.97. The third kappa shape index (κ3) is 8.56. The molecule has 0 aliphatic heterocycles. The summed E-state index contributed by atoms with van der Waals surface area (Å²) in [6.45, 7) is 0.754. The van der Waals surface area contributed by atoms with Crippen molar-refractivity contribution in [2.75, 3.05) is 18.1 Å². The summed E-state index contributed by atoms with van der Waals surface area (Å²) in [5.74, 6) is 0.746. The van der Waals surface area contributed by atoms with Gasteiger partial charge >= 0.3 is 6.18 Å². The van der Waals surface area contributed by atoms with Gasteiger partial charge in [0.05, 0.1) is 12.6 Å². The quantitative estimate of drug-likeness (QED) is 0.660. The van der Waals surface area contributed by atoms with Gasteiger partial charge in [0.25, 0.3) is 0 Å². The summed E-state index contributed by atoms with van der Waals surface area (Å²) in [5, 5.41) is 2.11. The number of carbonyl (C=O) groups is 1. The molecule has 0 aliphatic rings. The summed E-state index contributed by atoms with van der Waals surface area (Å²) in [6, 6.07) is -0.898. The van der Waals surface area contributed by atoms with E-state index in [-0.39, 0.29) is 0 Å². The number of carbonyl (C=O) groups excluding carboxylic acids is 1. The van der Waals surface area contributed by atoms with Gasteiger partial charge in [0, 0.05) is 0 Å². The molecule has 0 heterocycles. The second kappa shape index (κ2) is 6.95. The van der Waals surface area contributed by atoms with Crippen LogP contribution in [0.25, 0.3) is 0 Å². The minimum Gasteiger partial charge on any atom is -0.368 e. The lowest BCUT2D eigenvalue weighted by molar-refractivity contribution is -0.130. The van der Waals surface area contributed by atoms with Gasteiger partial charge in [0.15, 0.2) is 0 Å². The van der Waals surface area contributed by atoms with Crippen LogP contribution in [0.4, 0.5) is 13.2 Å². The maximum Gasteiger partial charge on any atom is 0.401 e. The van der Waals surface area contributed by atoms with Gasteiger partial charge in [-0.2, -0.15) is 24.9 Å². The van der Waals surface area contributed by atoms with E-state index in [1.807, 2.05) is 6.92 Å². The van der Waals surface area contributed by atoms with Crippen LogP contribution in [-0.4, -0.2) is 36.2 Å². The van der Waals surface area contributed by atoms with E-state index in [0.717, 1.165) is 5.75 Å². The van der Waals surface area contributed by atoms with Gasteiger partial charge in [-0.1, -0.05) is 6.92 Å². The Bertz CT molecular complexity index is 199. The van der Waals surface area contributed by atoms with Gasteiger partial charge in [0.2, 0.25) is 5.91 Å². The molecule has 90 valence electrons. The summed E-state index contributed by atoms with van der Waals surface area (Å²) < 4.78 is 35.5. The predicted molar refractivity (Wildman–Crippen MR) is 54.7 cm³/mol. The zero-order chi connectivity index (χ0) is 11.9. The Morgan fingerprint density at radius 3 is 2.53 bits per heavy atom. The van der Waals surface area contributed by atoms with Crippen LogP contribution >= 0.6 is 11.8 Å². The van der Waals surface area contributed by atoms with Crippen molar-refractivity contribution >= 4 is 17.7 Å². The number of alkyl halides is 3. The molecule has 3 N–H and O–H groups in total. The summed E-state index contributed by atoms with van der Waals surface area (Å²) >= 11 is 1.56. The molecule has 0 saturated heterocycles. The molecule has 0 aliphatic carbocycles. The standard InChI is InChI=1S/C8H15F3N2OS/c1-2-15-4-3-6(7(12)14)13-5-8(9,10)11/h6,13H,2-5H2,1H3,(H2,12,14). The highest BCUT2D eigenvalue weighted by atomic mass is 32.2. The van der Waals surface area contributed by atoms with Crippen LogP contribution in [0, 0.1) is 0 Å². The lowest BCUT2D eigenvalue weighted by atomic mass is 10.2. The number of hydrogen-bond acceptors (Lipinski definition) is 3. The van der Waals surface area contributed by atoms with Crippen molar-refractivity contribution < 1.29 is 18.0 Å². The number of nitrogens with two attached hydrogens (primary N) is 1. The first kappa shape index (κ1) is 14.6. The van der Waals surface area contributed by atoms with Gasteiger partial charge in [0.1, 0.15) is 0 Å². The first-order valence-electron chi connectivity index (χ1n) is 4.54. The highest BCUT2D eigenvalue weighted by Gasteiger charge is 2.29. The first-order valence-corrected chi connectivity index (χ1v) is 5.69. The fraction of sp³-hybridized carbons (Fsp3) is 0.875. The average molecular weight is 244 g/mol. The van der Waals surface area contributed by atoms with E-state index in [4.69, 9.17) is 5.73 Å². The number of primary amides is 1. The van der Waals surface area contributed by atoms with Gasteiger partial charge in [-0.05, 0) is 17.9 Å². The molecule has 3 nitrogen and oxygen atoms in total. The molecule has 1 atom stereocenters. The SMILES string of the molecule is CCSCCC(NCC(F)(F)F)C(N)=O. The molecule has 0 fully saturated rings. The summed E-state index contributed by atoms with van der Waals surface area (Å²) in [6.07, 6.45) is -3.99. The monoisotopic (exact) mass is 244 g/mol. The molecule has 0 bridgehead atoms. The fourth-order valence-electron chi connectivity index (χ4n) is 0.929. The van der Waals surface area contributed by atoms with Crippen LogP contribution in [0.3, 0.4) is 0 Å². The Hall–Kier alpha value is -0.430. The second-order valence-corrected chi connectivity index (χ2v) is 4.33. The number of thioether (sulfide) groups is 1. The van der Waals surface area contributed by atoms with E-state index in [2.05, 4.69) is 5.32 Å². The van der Waals surface area contributed by atoms with Crippen molar-refractivity contribution in [2.45, 2.75) is 25.6 Å². The van der Waals surface area contributed by atoms with Crippen LogP contribution in [-0.2, 0) is 4.79 Å². The lowest BCUT2D eigenvalue weighted by Crippen LogP contribution is -2.45. The summed E-state index contributed by atoms with van der Waals surface area (Å²) in [7, 11) is 0. The van der Waals surface area contributed by atoms with Gasteiger partial charge < -0.3 is 5.73 Å². The fourth-order valence-corrected chi connectivity index (χ4v) is 1.62. The van der Waals surface area contributed by atoms with Gasteiger partial charge in [-0.15, -0.1) is 0 Å². The van der Waals surface area contributed by atoms with Crippen molar-refractivity contribution in [3.8, 4) is 0 Å². The van der Waals surface area contributed by atoms with E-state index in [1.54, 1.807) is 11.8 Å². The molecule has 0 spiro atoms. The molecule has 7 heteroatoms. The predicted octanol–water partition coefficient (Wildman–Crippen LogP) is 1.14. The normalized spacial score (nSPS) is 13.9. The van der Waals surface area contributed by atoms with Crippen molar-refractivity contribution in [2.24, 2.45) is 5.73 Å². The molecule has 0 radical (unpaired) electrons. The lowest BCUT2D eigenvalue weighted by Gasteiger charge is -2.16. The number of halogens is 3. The van der Waals surface area contributed by atoms with E-state index in [0.29, 0.717) is 12.2 Å². The molecule has 1 unspecified atom stereocenters. The average Bonchev–Trinajstić information content (AvgIpc) is 2.08. The first-order chi connectivity index (χ1) is 6.87. The van der Waals surface area contributed by atoms with Crippen LogP contribution < -0.4 is 11.1 Å². The molecule has 0 aromatic carbocycles. The summed E-state index contributed by atoms with van der Waals surface area (Å²) in [4.78, 5) is 10.8. The molecular formula is C8H15F3N2OS. The van der Waals surface area contributed by atoms with Crippen molar-refractivity contribution in [1.82, 2.24) is 5.32 Å². The Balaban J connectivity index is 3.89. The van der Waals surface area contributed by atoms with Crippen molar-refractivity contribution in [3.05, 3.63) is 0 Å². The number of hydrogen-bond donors (Lipinski definition) is 2. The third-order valence-corrected chi connectivity index (χ3v) is 2.58. The maximum atomic E-state index is 11.8. The van der Waals surface area contributed by atoms with Gasteiger partial charge in [-0.25, -0.2) is 0 Å². The second-order valence-electron chi connectivity index (χ2n) is 2.94. The molecule has 0 saturated carbocycles. The highest BCUT2D eigenvalue weighted by molar-refractivity contribution is 7.99. The largest absolute Gasteiger partial charge is 0.401 e. The number of nitrogens with one attached hydrogen (secondary N) is 1. The van der Waals surface area contributed by atoms with Crippen molar-refractivity contribution in [3.63, 3.8) is 0 Å². The van der Waals surface area contributed by atoms with Crippen LogP contribution in [0.1, 0.15) is 13.3 Å². The number of rotatable bonds is 7. The third-order valence-electron chi connectivity index (χ3n) is 1.65. The molecule has 0 rings (SSSR count). The number of amides is 1. The van der Waals surface area contributed by atoms with E-state index in [9.17, 15) is 18.0 Å². The Kier molecular flexibility index (Phi) is 6.75. The Morgan fingerprint density at radius 1 is 1.53 bits per heavy atom. The smallest absolute Gasteiger partial charge is 0.368 e. The van der Waals surface area contributed by atoms with Crippen LogP contribution in [0.15, 0.2) is 0 Å². The van der Waals surface area contributed by atoms with Crippen molar-refractivity contribution in [1.29, 1.82) is 0 Å². The molecule has 15 heavy (non-hydrogen) atoms. The Labute approximate surface area is 91.0 Å². The molecule has 0 aromatic heterocycles. The van der Waals surface area contributed by atoms with Crippen LogP contribution in [0.2, 0.25) is 0 Å². The zero-order valence-electron chi connectivity index (χ0n) is 8.43. The molecule has 0 aromatic rings. The van der Waals surface area contributed by atoms with Gasteiger partial charge in [-0.3, -0.25) is 10.1 Å². The van der Waals surface area contributed by atoms with Crippen LogP contribution in [0.5, 0.6) is 0 Å². The van der Waals surface area contributed by atoms with E-state index < -0.39 is 24.7 Å². The molecular weight excluding hydrogens is 229 g/mol. The zero-order valence-corrected chi connectivity index (χ0v) is 9.25. The van der Waals surface area contributed by atoms with E-state index in [1.165, 1.54) is 0 Å². The minimum atomic E-state index is -4.31. The molecule has 1 amide bonds.